The minimum absolute atomic E-state index is 0.156. The van der Waals surface area contributed by atoms with Gasteiger partial charge in [-0.05, 0) is 32.3 Å². The molecule has 20 heavy (non-hydrogen) atoms. The summed E-state index contributed by atoms with van der Waals surface area (Å²) in [5, 5.41) is 0. The molecule has 1 aliphatic heterocycles. The van der Waals surface area contributed by atoms with Crippen molar-refractivity contribution in [2.24, 2.45) is 0 Å². The van der Waals surface area contributed by atoms with E-state index >= 15 is 0 Å². The van der Waals surface area contributed by atoms with E-state index in [2.05, 4.69) is 11.6 Å². The van der Waals surface area contributed by atoms with E-state index in [0.717, 1.165) is 18.4 Å². The number of hydrogen-bond donors (Lipinski definition) is 1. The van der Waals surface area contributed by atoms with E-state index in [0.29, 0.717) is 0 Å². The second-order valence-corrected chi connectivity index (χ2v) is 5.80. The smallest absolute Gasteiger partial charge is 0.328 e. The number of aromatic amines is 1. The fraction of sp³-hybridized carbons (Fsp3) is 0.571. The molecule has 0 amide bonds. The lowest BCUT2D eigenvalue weighted by atomic mass is 9.86. The van der Waals surface area contributed by atoms with Crippen molar-refractivity contribution in [3.8, 4) is 0 Å². The van der Waals surface area contributed by atoms with Gasteiger partial charge in [0.05, 0.1) is 6.04 Å². The molecule has 1 aromatic heterocycles. The molecule has 0 bridgehead atoms. The van der Waals surface area contributed by atoms with Crippen LogP contribution < -0.4 is 11.2 Å². The minimum Gasteiger partial charge on any atom is -0.342 e. The highest BCUT2D eigenvalue weighted by Gasteiger charge is 2.49. The first kappa shape index (κ1) is 13.3. The SMILES string of the molecule is C=C1CCC(n2ccc(=O)[nH]c2=O)[C@@H]2OC(C)(C)O[C@H]12. The second kappa shape index (κ2) is 4.43. The Hall–Kier alpha value is -1.66. The molecule has 6 heteroatoms. The van der Waals surface area contributed by atoms with Crippen molar-refractivity contribution < 1.29 is 9.47 Å². The molecule has 2 aliphatic rings. The summed E-state index contributed by atoms with van der Waals surface area (Å²) in [6.45, 7) is 7.74. The third-order valence-corrected chi connectivity index (χ3v) is 3.88. The number of rotatable bonds is 1. The molecular weight excluding hydrogens is 260 g/mol. The van der Waals surface area contributed by atoms with Gasteiger partial charge >= 0.3 is 5.69 Å². The van der Waals surface area contributed by atoms with E-state index in [1.807, 2.05) is 13.8 Å². The van der Waals surface area contributed by atoms with Crippen LogP contribution in [0.5, 0.6) is 0 Å². The predicted molar refractivity (Wildman–Crippen MR) is 72.6 cm³/mol. The molecule has 1 N–H and O–H groups in total. The van der Waals surface area contributed by atoms with Gasteiger partial charge in [0.2, 0.25) is 0 Å². The Labute approximate surface area is 116 Å². The molecule has 3 rings (SSSR count). The van der Waals surface area contributed by atoms with Crippen molar-refractivity contribution in [3.05, 3.63) is 45.3 Å². The van der Waals surface area contributed by atoms with Crippen LogP contribution >= 0.6 is 0 Å². The Morgan fingerprint density at radius 2 is 2.15 bits per heavy atom. The summed E-state index contributed by atoms with van der Waals surface area (Å²) < 4.78 is 13.3. The zero-order valence-corrected chi connectivity index (χ0v) is 11.6. The van der Waals surface area contributed by atoms with Crippen LogP contribution in [0.25, 0.3) is 0 Å². The lowest BCUT2D eigenvalue weighted by Gasteiger charge is -2.33. The highest BCUT2D eigenvalue weighted by Crippen LogP contribution is 2.43. The highest BCUT2D eigenvalue weighted by molar-refractivity contribution is 5.15. The zero-order valence-electron chi connectivity index (χ0n) is 11.6. The first-order valence-electron chi connectivity index (χ1n) is 6.72. The van der Waals surface area contributed by atoms with Gasteiger partial charge in [0, 0.05) is 12.3 Å². The van der Waals surface area contributed by atoms with Crippen LogP contribution in [0, 0.1) is 0 Å². The first-order chi connectivity index (χ1) is 9.37. The fourth-order valence-corrected chi connectivity index (χ4v) is 3.01. The maximum atomic E-state index is 12.0. The van der Waals surface area contributed by atoms with Crippen molar-refractivity contribution in [1.82, 2.24) is 9.55 Å². The van der Waals surface area contributed by atoms with Crippen LogP contribution in [0.2, 0.25) is 0 Å². The molecule has 2 heterocycles. The van der Waals surface area contributed by atoms with E-state index in [1.165, 1.54) is 16.8 Å². The second-order valence-electron chi connectivity index (χ2n) is 5.80. The Morgan fingerprint density at radius 1 is 1.40 bits per heavy atom. The third kappa shape index (κ3) is 2.14. The van der Waals surface area contributed by atoms with Crippen LogP contribution in [-0.2, 0) is 9.47 Å². The molecule has 108 valence electrons. The Morgan fingerprint density at radius 3 is 2.85 bits per heavy atom. The van der Waals surface area contributed by atoms with Gasteiger partial charge in [0.25, 0.3) is 5.56 Å². The topological polar surface area (TPSA) is 73.3 Å². The van der Waals surface area contributed by atoms with Crippen LogP contribution in [0.4, 0.5) is 0 Å². The lowest BCUT2D eigenvalue weighted by molar-refractivity contribution is -0.146. The summed E-state index contributed by atoms with van der Waals surface area (Å²) >= 11 is 0. The Bertz CT molecular complexity index is 658. The summed E-state index contributed by atoms with van der Waals surface area (Å²) in [5.74, 6) is -0.688. The van der Waals surface area contributed by atoms with E-state index in [4.69, 9.17) is 9.47 Å². The standard InChI is InChI=1S/C14H18N2O4/c1-8-4-5-9(12-11(8)19-14(2,3)20-12)16-7-6-10(17)15-13(16)18/h6-7,9,11-12H,1,4-5H2,2-3H3,(H,15,17,18)/t9?,11-,12+/m1/s1. The molecule has 1 saturated heterocycles. The Kier molecular flexibility index (Phi) is 2.95. The first-order valence-corrected chi connectivity index (χ1v) is 6.72. The summed E-state index contributed by atoms with van der Waals surface area (Å²) in [7, 11) is 0. The summed E-state index contributed by atoms with van der Waals surface area (Å²) in [6, 6.07) is 1.19. The van der Waals surface area contributed by atoms with Crippen LogP contribution in [0.15, 0.2) is 34.0 Å². The average molecular weight is 278 g/mol. The van der Waals surface area contributed by atoms with Gasteiger partial charge in [0.15, 0.2) is 5.79 Å². The van der Waals surface area contributed by atoms with E-state index in [1.54, 1.807) is 0 Å². The quantitative estimate of drug-likeness (QED) is 0.776. The van der Waals surface area contributed by atoms with Crippen molar-refractivity contribution in [1.29, 1.82) is 0 Å². The van der Waals surface area contributed by atoms with Crippen LogP contribution in [0.3, 0.4) is 0 Å². The number of aromatic nitrogens is 2. The van der Waals surface area contributed by atoms with Crippen molar-refractivity contribution in [3.63, 3.8) is 0 Å². The minimum atomic E-state index is -0.688. The van der Waals surface area contributed by atoms with Crippen molar-refractivity contribution >= 4 is 0 Å². The zero-order chi connectivity index (χ0) is 14.5. The van der Waals surface area contributed by atoms with Gasteiger partial charge in [-0.25, -0.2) is 4.79 Å². The number of hydrogen-bond acceptors (Lipinski definition) is 4. The lowest BCUT2D eigenvalue weighted by Crippen LogP contribution is -2.43. The van der Waals surface area contributed by atoms with Gasteiger partial charge in [-0.2, -0.15) is 0 Å². The number of H-pyrrole nitrogens is 1. The van der Waals surface area contributed by atoms with Gasteiger partial charge in [-0.15, -0.1) is 0 Å². The van der Waals surface area contributed by atoms with E-state index < -0.39 is 17.0 Å². The molecule has 1 aromatic rings. The van der Waals surface area contributed by atoms with Gasteiger partial charge in [0.1, 0.15) is 12.2 Å². The number of ether oxygens (including phenoxy) is 2. The third-order valence-electron chi connectivity index (χ3n) is 3.88. The maximum Gasteiger partial charge on any atom is 0.328 e. The molecular formula is C14H18N2O4. The van der Waals surface area contributed by atoms with Crippen LogP contribution in [0.1, 0.15) is 32.7 Å². The monoisotopic (exact) mass is 278 g/mol. The van der Waals surface area contributed by atoms with Gasteiger partial charge in [-0.3, -0.25) is 14.3 Å². The number of fused-ring (bicyclic) bond motifs is 1. The van der Waals surface area contributed by atoms with Crippen molar-refractivity contribution in [2.75, 3.05) is 0 Å². The molecule has 1 aliphatic carbocycles. The van der Waals surface area contributed by atoms with E-state index in [-0.39, 0.29) is 18.2 Å². The molecule has 2 fully saturated rings. The summed E-state index contributed by atoms with van der Waals surface area (Å²) in [5.41, 5.74) is 0.184. The normalized spacial score (nSPS) is 32.1. The average Bonchev–Trinajstić information content (AvgIpc) is 2.67. The maximum absolute atomic E-state index is 12.0. The summed E-state index contributed by atoms with van der Waals surface area (Å²) in [4.78, 5) is 25.4. The molecule has 3 atom stereocenters. The predicted octanol–water partition coefficient (Wildman–Crippen LogP) is 0.948. The molecule has 0 aromatic carbocycles. The molecule has 1 saturated carbocycles. The highest BCUT2D eigenvalue weighted by atomic mass is 16.8. The van der Waals surface area contributed by atoms with E-state index in [9.17, 15) is 9.59 Å². The molecule has 0 radical (unpaired) electrons. The number of nitrogens with zero attached hydrogens (tertiary/aromatic N) is 1. The van der Waals surface area contributed by atoms with Crippen LogP contribution in [-0.4, -0.2) is 27.5 Å². The molecule has 0 spiro atoms. The van der Waals surface area contributed by atoms with Gasteiger partial charge in [-0.1, -0.05) is 6.58 Å². The summed E-state index contributed by atoms with van der Waals surface area (Å²) in [6.07, 6.45) is 2.57. The molecule has 1 unspecified atom stereocenters. The Balaban J connectivity index is 2.00. The molecule has 6 nitrogen and oxygen atoms in total. The largest absolute Gasteiger partial charge is 0.342 e. The fourth-order valence-electron chi connectivity index (χ4n) is 3.01. The number of nitrogens with one attached hydrogen (secondary N) is 1. The van der Waals surface area contributed by atoms with Gasteiger partial charge < -0.3 is 9.47 Å². The van der Waals surface area contributed by atoms with Crippen molar-refractivity contribution in [2.45, 2.75) is 50.7 Å².